The van der Waals surface area contributed by atoms with Gasteiger partial charge in [0.2, 0.25) is 6.41 Å². The molecule has 4 rings (SSSR count). The van der Waals surface area contributed by atoms with Crippen molar-refractivity contribution < 1.29 is 22.7 Å². The zero-order valence-electron chi connectivity index (χ0n) is 23.7. The number of likely N-dealkylation sites (tertiary alicyclic amines) is 1. The Labute approximate surface area is 234 Å². The van der Waals surface area contributed by atoms with E-state index in [1.165, 1.54) is 11.1 Å². The van der Waals surface area contributed by atoms with Gasteiger partial charge in [0.05, 0.1) is 17.0 Å². The van der Waals surface area contributed by atoms with Gasteiger partial charge in [-0.05, 0) is 102 Å². The van der Waals surface area contributed by atoms with E-state index in [9.17, 15) is 18.0 Å². The molecule has 9 heteroatoms. The number of piperidine rings is 1. The van der Waals surface area contributed by atoms with Crippen molar-refractivity contribution in [1.29, 1.82) is 0 Å². The highest BCUT2D eigenvalue weighted by Gasteiger charge is 2.29. The molecular weight excluding hydrogens is 517 g/mol. The summed E-state index contributed by atoms with van der Waals surface area (Å²) in [4.78, 5) is 15.9. The zero-order chi connectivity index (χ0) is 29.0. The van der Waals surface area contributed by atoms with Gasteiger partial charge in [-0.3, -0.25) is 14.6 Å². The van der Waals surface area contributed by atoms with Crippen LogP contribution in [0.25, 0.3) is 0 Å². The second-order valence-corrected chi connectivity index (χ2v) is 11.1. The number of benzene rings is 3. The predicted octanol–water partition coefficient (Wildman–Crippen LogP) is 6.86. The maximum absolute atomic E-state index is 13.9. The van der Waals surface area contributed by atoms with E-state index in [4.69, 9.17) is 4.74 Å². The summed E-state index contributed by atoms with van der Waals surface area (Å²) in [5.74, 6) is -3.06. The summed E-state index contributed by atoms with van der Waals surface area (Å²) in [6.45, 7) is 8.90. The van der Waals surface area contributed by atoms with Gasteiger partial charge in [0.15, 0.2) is 23.2 Å². The number of nitrogens with one attached hydrogen (secondary N) is 2. The molecule has 0 saturated carbocycles. The Balaban J connectivity index is 1.42. The van der Waals surface area contributed by atoms with E-state index in [1.807, 2.05) is 32.3 Å². The van der Waals surface area contributed by atoms with E-state index in [-0.39, 0.29) is 11.4 Å². The lowest BCUT2D eigenvalue weighted by molar-refractivity contribution is -0.105. The van der Waals surface area contributed by atoms with E-state index >= 15 is 0 Å². The summed E-state index contributed by atoms with van der Waals surface area (Å²) >= 11 is 0. The third-order valence-electron chi connectivity index (χ3n) is 7.75. The maximum Gasteiger partial charge on any atom is 0.211 e. The summed E-state index contributed by atoms with van der Waals surface area (Å²) in [6.07, 6.45) is 2.66. The first kappa shape index (κ1) is 29.4. The highest BCUT2D eigenvalue weighted by molar-refractivity contribution is 5.84. The summed E-state index contributed by atoms with van der Waals surface area (Å²) in [5.41, 5.74) is 4.93. The normalized spacial score (nSPS) is 14.8. The van der Waals surface area contributed by atoms with E-state index in [0.29, 0.717) is 23.8 Å². The van der Waals surface area contributed by atoms with Gasteiger partial charge >= 0.3 is 0 Å². The Bertz CT molecular complexity index is 1340. The van der Waals surface area contributed by atoms with Crippen LogP contribution in [0.15, 0.2) is 48.5 Å². The lowest BCUT2D eigenvalue weighted by Crippen LogP contribution is -2.46. The van der Waals surface area contributed by atoms with Crippen LogP contribution in [-0.4, -0.2) is 49.1 Å². The number of amides is 1. The van der Waals surface area contributed by atoms with E-state index < -0.39 is 17.5 Å². The lowest BCUT2D eigenvalue weighted by Gasteiger charge is -2.39. The number of anilines is 2. The molecule has 0 aromatic heterocycles. The molecule has 3 aromatic carbocycles. The van der Waals surface area contributed by atoms with Crippen molar-refractivity contribution in [2.75, 3.05) is 37.8 Å². The van der Waals surface area contributed by atoms with E-state index in [0.717, 1.165) is 55.8 Å². The van der Waals surface area contributed by atoms with Crippen LogP contribution in [0, 0.1) is 24.4 Å². The number of aryl methyl sites for hydroxylation is 1. The Hall–Kier alpha value is -3.56. The number of rotatable bonds is 10. The van der Waals surface area contributed by atoms with Crippen molar-refractivity contribution in [2.45, 2.75) is 51.7 Å². The third-order valence-corrected chi connectivity index (χ3v) is 7.75. The van der Waals surface area contributed by atoms with Crippen LogP contribution in [0.2, 0.25) is 0 Å². The van der Waals surface area contributed by atoms with Gasteiger partial charge in [-0.15, -0.1) is 0 Å². The molecule has 0 bridgehead atoms. The van der Waals surface area contributed by atoms with Crippen molar-refractivity contribution in [3.8, 4) is 11.5 Å². The molecule has 1 aliphatic rings. The van der Waals surface area contributed by atoms with Crippen LogP contribution in [0.4, 0.5) is 24.5 Å². The number of hydrogen-bond donors (Lipinski definition) is 2. The number of nitrogens with zero attached hydrogens (tertiary/aromatic N) is 2. The summed E-state index contributed by atoms with van der Waals surface area (Å²) < 4.78 is 46.0. The predicted molar refractivity (Wildman–Crippen MR) is 152 cm³/mol. The Morgan fingerprint density at radius 1 is 1.00 bits per heavy atom. The molecule has 0 radical (unpaired) electrons. The highest BCUT2D eigenvalue weighted by Crippen LogP contribution is 2.41. The quantitative estimate of drug-likeness (QED) is 0.163. The molecule has 0 spiro atoms. The summed E-state index contributed by atoms with van der Waals surface area (Å²) in [6, 6.07) is 12.4. The summed E-state index contributed by atoms with van der Waals surface area (Å²) in [7, 11) is 4.04. The Morgan fingerprint density at radius 2 is 1.65 bits per heavy atom. The first-order chi connectivity index (χ1) is 19.0. The van der Waals surface area contributed by atoms with Crippen LogP contribution in [0.3, 0.4) is 0 Å². The van der Waals surface area contributed by atoms with Crippen LogP contribution in [0.1, 0.15) is 49.3 Å². The lowest BCUT2D eigenvalue weighted by atomic mass is 9.84. The minimum atomic E-state index is -1.26. The van der Waals surface area contributed by atoms with E-state index in [2.05, 4.69) is 47.3 Å². The van der Waals surface area contributed by atoms with Gasteiger partial charge in [-0.2, -0.15) is 0 Å². The molecule has 2 N–H and O–H groups in total. The van der Waals surface area contributed by atoms with Crippen molar-refractivity contribution in [1.82, 2.24) is 9.80 Å². The minimum absolute atomic E-state index is 0.324. The first-order valence-corrected chi connectivity index (χ1v) is 13.4. The Kier molecular flexibility index (Phi) is 9.05. The zero-order valence-corrected chi connectivity index (χ0v) is 23.7. The van der Waals surface area contributed by atoms with Crippen molar-refractivity contribution in [3.05, 3.63) is 82.7 Å². The maximum atomic E-state index is 13.9. The van der Waals surface area contributed by atoms with Crippen LogP contribution in [0.5, 0.6) is 11.5 Å². The average Bonchev–Trinajstić information content (AvgIpc) is 2.90. The fourth-order valence-electron chi connectivity index (χ4n) is 5.00. The molecular formula is C31H37F3N4O2. The van der Waals surface area contributed by atoms with Gasteiger partial charge in [0.1, 0.15) is 5.75 Å². The largest absolute Gasteiger partial charge is 0.454 e. The molecule has 1 heterocycles. The molecule has 0 aliphatic carbocycles. The van der Waals surface area contributed by atoms with Crippen molar-refractivity contribution in [2.24, 2.45) is 0 Å². The van der Waals surface area contributed by atoms with Gasteiger partial charge < -0.3 is 15.4 Å². The minimum Gasteiger partial charge on any atom is -0.454 e. The number of hydrogen-bond acceptors (Lipinski definition) is 5. The molecule has 1 fully saturated rings. The monoisotopic (exact) mass is 554 g/mol. The topological polar surface area (TPSA) is 56.8 Å². The second-order valence-electron chi connectivity index (χ2n) is 11.1. The molecule has 1 saturated heterocycles. The fourth-order valence-corrected chi connectivity index (χ4v) is 5.00. The molecule has 214 valence electrons. The fraction of sp³-hybridized carbons (Fsp3) is 0.387. The van der Waals surface area contributed by atoms with Gasteiger partial charge in [-0.1, -0.05) is 18.2 Å². The molecule has 1 aliphatic heterocycles. The van der Waals surface area contributed by atoms with Gasteiger partial charge in [0, 0.05) is 18.7 Å². The molecule has 1 amide bonds. The standard InChI is InChI=1S/C31H37F3N4O2/c1-20-6-11-27(35-19-39)30(36-31(2,3)37(4)5)29(20)22-12-14-38(15-13-22)18-21-7-9-23(10-8-21)40-28-17-25(33)24(32)16-26(28)34/h6-11,16-17,19,22,36H,12-15,18H2,1-5H3,(H,35,39). The average molecular weight is 555 g/mol. The van der Waals surface area contributed by atoms with Crippen molar-refractivity contribution >= 4 is 17.8 Å². The first-order valence-electron chi connectivity index (χ1n) is 13.4. The number of carbonyl (C=O) groups is 1. The SMILES string of the molecule is Cc1ccc(NC=O)c(NC(C)(C)N(C)C)c1C1CCN(Cc2ccc(Oc3cc(F)c(F)cc3F)cc2)CC1. The van der Waals surface area contributed by atoms with Crippen LogP contribution < -0.4 is 15.4 Å². The second kappa shape index (κ2) is 12.3. The molecule has 40 heavy (non-hydrogen) atoms. The summed E-state index contributed by atoms with van der Waals surface area (Å²) in [5, 5.41) is 6.55. The van der Waals surface area contributed by atoms with Crippen LogP contribution in [-0.2, 0) is 11.3 Å². The number of halogens is 3. The molecule has 3 aromatic rings. The van der Waals surface area contributed by atoms with Gasteiger partial charge in [-0.25, -0.2) is 13.2 Å². The number of carbonyl (C=O) groups excluding carboxylic acids is 1. The number of ether oxygens (including phenoxy) is 1. The van der Waals surface area contributed by atoms with E-state index in [1.54, 1.807) is 12.1 Å². The van der Waals surface area contributed by atoms with Gasteiger partial charge in [0.25, 0.3) is 0 Å². The van der Waals surface area contributed by atoms with Crippen molar-refractivity contribution in [3.63, 3.8) is 0 Å². The highest BCUT2D eigenvalue weighted by atomic mass is 19.2. The molecule has 0 atom stereocenters. The molecule has 0 unspecified atom stereocenters. The van der Waals surface area contributed by atoms with Crippen LogP contribution >= 0.6 is 0 Å². The smallest absolute Gasteiger partial charge is 0.211 e. The Morgan fingerprint density at radius 3 is 2.27 bits per heavy atom. The molecule has 6 nitrogen and oxygen atoms in total. The third kappa shape index (κ3) is 6.77.